The molecule has 0 atom stereocenters. The Labute approximate surface area is 140 Å². The standard InChI is InChI=1S/C17H17N3O2S/c1-12-7-9-14(10-8-12)16(22)19-20-17(23)18-15(21)11-13-5-3-2-4-6-13/h2-10H,11H2,1H3,(H,19,22)(H2,18,20,21,23). The summed E-state index contributed by atoms with van der Waals surface area (Å²) in [6.45, 7) is 1.94. The summed E-state index contributed by atoms with van der Waals surface area (Å²) >= 11 is 4.98. The highest BCUT2D eigenvalue weighted by Crippen LogP contribution is 2.02. The molecule has 0 heterocycles. The van der Waals surface area contributed by atoms with Gasteiger partial charge in [-0.05, 0) is 36.8 Å². The zero-order valence-corrected chi connectivity index (χ0v) is 13.4. The van der Waals surface area contributed by atoms with Gasteiger partial charge < -0.3 is 5.32 Å². The molecule has 2 aromatic carbocycles. The predicted octanol–water partition coefficient (Wildman–Crippen LogP) is 1.87. The second-order valence-electron chi connectivity index (χ2n) is 4.98. The van der Waals surface area contributed by atoms with Crippen LogP contribution in [0.4, 0.5) is 0 Å². The normalized spacial score (nSPS) is 9.78. The van der Waals surface area contributed by atoms with Gasteiger partial charge in [-0.2, -0.15) is 0 Å². The van der Waals surface area contributed by atoms with Gasteiger partial charge in [-0.3, -0.25) is 20.4 Å². The van der Waals surface area contributed by atoms with Crippen LogP contribution in [0.15, 0.2) is 54.6 Å². The number of carbonyl (C=O) groups is 2. The molecule has 2 aromatic rings. The van der Waals surface area contributed by atoms with E-state index in [0.717, 1.165) is 11.1 Å². The van der Waals surface area contributed by atoms with E-state index >= 15 is 0 Å². The summed E-state index contributed by atoms with van der Waals surface area (Å²) < 4.78 is 0. The van der Waals surface area contributed by atoms with Crippen molar-refractivity contribution in [2.75, 3.05) is 0 Å². The Balaban J connectivity index is 1.77. The predicted molar refractivity (Wildman–Crippen MR) is 92.7 cm³/mol. The van der Waals surface area contributed by atoms with Crippen molar-refractivity contribution in [1.82, 2.24) is 16.2 Å². The van der Waals surface area contributed by atoms with Gasteiger partial charge in [0.05, 0.1) is 6.42 Å². The van der Waals surface area contributed by atoms with E-state index in [1.54, 1.807) is 12.1 Å². The second kappa shape index (κ2) is 8.05. The number of rotatable bonds is 3. The van der Waals surface area contributed by atoms with Crippen LogP contribution in [0.2, 0.25) is 0 Å². The summed E-state index contributed by atoms with van der Waals surface area (Å²) in [7, 11) is 0. The van der Waals surface area contributed by atoms with Gasteiger partial charge in [0.25, 0.3) is 5.91 Å². The molecule has 0 radical (unpaired) electrons. The van der Waals surface area contributed by atoms with Crippen LogP contribution in [-0.2, 0) is 11.2 Å². The first kappa shape index (κ1) is 16.6. The SMILES string of the molecule is Cc1ccc(C(=O)NNC(=S)NC(=O)Cc2ccccc2)cc1. The Hall–Kier alpha value is -2.73. The molecule has 23 heavy (non-hydrogen) atoms. The Kier molecular flexibility index (Phi) is 5.82. The van der Waals surface area contributed by atoms with Gasteiger partial charge in [0.1, 0.15) is 0 Å². The van der Waals surface area contributed by atoms with Gasteiger partial charge in [0.2, 0.25) is 5.91 Å². The maximum Gasteiger partial charge on any atom is 0.269 e. The van der Waals surface area contributed by atoms with Crippen molar-refractivity contribution in [3.63, 3.8) is 0 Å². The van der Waals surface area contributed by atoms with Crippen LogP contribution in [0.3, 0.4) is 0 Å². The smallest absolute Gasteiger partial charge is 0.269 e. The van der Waals surface area contributed by atoms with Gasteiger partial charge in [-0.25, -0.2) is 0 Å². The van der Waals surface area contributed by atoms with E-state index in [9.17, 15) is 9.59 Å². The topological polar surface area (TPSA) is 70.2 Å². The van der Waals surface area contributed by atoms with Crippen LogP contribution in [0, 0.1) is 6.92 Å². The molecule has 5 nitrogen and oxygen atoms in total. The molecule has 2 rings (SSSR count). The molecule has 0 saturated heterocycles. The molecule has 0 aliphatic carbocycles. The minimum atomic E-state index is -0.329. The monoisotopic (exact) mass is 327 g/mol. The number of hydrazine groups is 1. The zero-order valence-electron chi connectivity index (χ0n) is 12.6. The molecule has 2 amide bonds. The summed E-state index contributed by atoms with van der Waals surface area (Å²) in [5, 5.41) is 2.56. The number of carbonyl (C=O) groups excluding carboxylic acids is 2. The summed E-state index contributed by atoms with van der Waals surface area (Å²) in [5.74, 6) is -0.581. The lowest BCUT2D eigenvalue weighted by Gasteiger charge is -2.11. The Morgan fingerprint density at radius 2 is 1.61 bits per heavy atom. The highest BCUT2D eigenvalue weighted by Gasteiger charge is 2.08. The average molecular weight is 327 g/mol. The van der Waals surface area contributed by atoms with Crippen LogP contribution in [0.1, 0.15) is 21.5 Å². The quantitative estimate of drug-likeness (QED) is 0.595. The second-order valence-corrected chi connectivity index (χ2v) is 5.39. The fourth-order valence-electron chi connectivity index (χ4n) is 1.87. The van der Waals surface area contributed by atoms with E-state index in [1.807, 2.05) is 49.4 Å². The van der Waals surface area contributed by atoms with E-state index in [-0.39, 0.29) is 23.3 Å². The number of hydrogen-bond donors (Lipinski definition) is 3. The molecule has 6 heteroatoms. The highest BCUT2D eigenvalue weighted by atomic mass is 32.1. The van der Waals surface area contributed by atoms with Crippen molar-refractivity contribution in [3.8, 4) is 0 Å². The molecule has 0 spiro atoms. The number of nitrogens with one attached hydrogen (secondary N) is 3. The van der Waals surface area contributed by atoms with Gasteiger partial charge >= 0.3 is 0 Å². The van der Waals surface area contributed by atoms with E-state index in [2.05, 4.69) is 16.2 Å². The van der Waals surface area contributed by atoms with Gasteiger partial charge in [-0.1, -0.05) is 48.0 Å². The van der Waals surface area contributed by atoms with Crippen LogP contribution in [0.25, 0.3) is 0 Å². The summed E-state index contributed by atoms with van der Waals surface area (Å²) in [6, 6.07) is 16.4. The molecular weight excluding hydrogens is 310 g/mol. The van der Waals surface area contributed by atoms with Crippen molar-refractivity contribution in [3.05, 3.63) is 71.3 Å². The Morgan fingerprint density at radius 3 is 2.26 bits per heavy atom. The molecule has 0 fully saturated rings. The molecule has 0 aliphatic heterocycles. The molecular formula is C17H17N3O2S. The summed E-state index contributed by atoms with van der Waals surface area (Å²) in [5.41, 5.74) is 7.41. The first-order valence-electron chi connectivity index (χ1n) is 7.05. The lowest BCUT2D eigenvalue weighted by molar-refractivity contribution is -0.119. The number of benzene rings is 2. The Bertz CT molecular complexity index is 700. The minimum absolute atomic E-state index is 0.0476. The molecule has 0 aromatic heterocycles. The fraction of sp³-hybridized carbons (Fsp3) is 0.118. The van der Waals surface area contributed by atoms with E-state index in [1.165, 1.54) is 0 Å². The molecule has 0 saturated carbocycles. The third-order valence-corrected chi connectivity index (χ3v) is 3.27. The molecule has 0 unspecified atom stereocenters. The molecule has 3 N–H and O–H groups in total. The van der Waals surface area contributed by atoms with Crippen molar-refractivity contribution in [2.45, 2.75) is 13.3 Å². The number of amides is 2. The van der Waals surface area contributed by atoms with Crippen molar-refractivity contribution >= 4 is 29.1 Å². The first-order chi connectivity index (χ1) is 11.0. The minimum Gasteiger partial charge on any atom is -0.302 e. The first-order valence-corrected chi connectivity index (χ1v) is 7.46. The van der Waals surface area contributed by atoms with Crippen molar-refractivity contribution in [1.29, 1.82) is 0 Å². The third-order valence-electron chi connectivity index (χ3n) is 3.06. The summed E-state index contributed by atoms with van der Waals surface area (Å²) in [4.78, 5) is 23.7. The van der Waals surface area contributed by atoms with Crippen LogP contribution in [0.5, 0.6) is 0 Å². The average Bonchev–Trinajstić information content (AvgIpc) is 2.54. The van der Waals surface area contributed by atoms with Crippen LogP contribution >= 0.6 is 12.2 Å². The maximum atomic E-state index is 11.9. The van der Waals surface area contributed by atoms with E-state index in [4.69, 9.17) is 12.2 Å². The Morgan fingerprint density at radius 1 is 0.957 bits per heavy atom. The zero-order chi connectivity index (χ0) is 16.7. The van der Waals surface area contributed by atoms with Crippen molar-refractivity contribution in [2.24, 2.45) is 0 Å². The van der Waals surface area contributed by atoms with Gasteiger partial charge in [0.15, 0.2) is 5.11 Å². The maximum absolute atomic E-state index is 11.9. The largest absolute Gasteiger partial charge is 0.302 e. The lowest BCUT2D eigenvalue weighted by Crippen LogP contribution is -2.48. The van der Waals surface area contributed by atoms with Gasteiger partial charge in [0, 0.05) is 5.56 Å². The number of aryl methyl sites for hydroxylation is 1. The molecule has 118 valence electrons. The molecule has 0 bridgehead atoms. The third kappa shape index (κ3) is 5.52. The number of hydrogen-bond acceptors (Lipinski definition) is 3. The lowest BCUT2D eigenvalue weighted by atomic mass is 10.1. The summed E-state index contributed by atoms with van der Waals surface area (Å²) in [6.07, 6.45) is 0.217. The van der Waals surface area contributed by atoms with Crippen LogP contribution in [-0.4, -0.2) is 16.9 Å². The van der Waals surface area contributed by atoms with Crippen molar-refractivity contribution < 1.29 is 9.59 Å². The van der Waals surface area contributed by atoms with E-state index in [0.29, 0.717) is 5.56 Å². The highest BCUT2D eigenvalue weighted by molar-refractivity contribution is 7.80. The molecule has 0 aliphatic rings. The van der Waals surface area contributed by atoms with Crippen LogP contribution < -0.4 is 16.2 Å². The number of thiocarbonyl (C=S) groups is 1. The van der Waals surface area contributed by atoms with Gasteiger partial charge in [-0.15, -0.1) is 0 Å². The fourth-order valence-corrected chi connectivity index (χ4v) is 2.04. The van der Waals surface area contributed by atoms with E-state index < -0.39 is 0 Å².